The molecular weight excluding hydrogens is 235 g/mol. The summed E-state index contributed by atoms with van der Waals surface area (Å²) in [5.41, 5.74) is 1.48. The Morgan fingerprint density at radius 3 is 2.67 bits per heavy atom. The Kier molecular flexibility index (Phi) is 3.80. The highest BCUT2D eigenvalue weighted by Crippen LogP contribution is 2.34. The molecule has 2 atom stereocenters. The topological polar surface area (TPSA) is 27.7 Å². The molecule has 0 N–H and O–H groups in total. The lowest BCUT2D eigenvalue weighted by Crippen LogP contribution is -2.32. The van der Waals surface area contributed by atoms with Crippen LogP contribution in [0.15, 0.2) is 35.9 Å². The Balaban J connectivity index is 2.24. The number of benzene rings is 1. The summed E-state index contributed by atoms with van der Waals surface area (Å²) in [5, 5.41) is 0. The smallest absolute Gasteiger partial charge is 0.191 e. The minimum Gasteiger partial charge on any atom is -0.352 e. The predicted octanol–water partition coefficient (Wildman–Crippen LogP) is 2.66. The van der Waals surface area contributed by atoms with Crippen LogP contribution in [0.2, 0.25) is 0 Å². The lowest BCUT2D eigenvalue weighted by atomic mass is 9.99. The maximum absolute atomic E-state index is 13.6. The molecule has 0 saturated heterocycles. The first kappa shape index (κ1) is 13.2. The van der Waals surface area contributed by atoms with Gasteiger partial charge in [0.15, 0.2) is 12.1 Å². The lowest BCUT2D eigenvalue weighted by molar-refractivity contribution is -0.237. The third-order valence-electron chi connectivity index (χ3n) is 3.22. The van der Waals surface area contributed by atoms with Gasteiger partial charge in [0.05, 0.1) is 0 Å². The fourth-order valence-corrected chi connectivity index (χ4v) is 2.01. The van der Waals surface area contributed by atoms with Gasteiger partial charge in [-0.1, -0.05) is 18.2 Å². The molecule has 3 nitrogen and oxygen atoms in total. The number of hydrogen-bond acceptors (Lipinski definition) is 3. The van der Waals surface area contributed by atoms with Crippen LogP contribution >= 0.6 is 0 Å². The van der Waals surface area contributed by atoms with Gasteiger partial charge in [0.1, 0.15) is 5.82 Å². The standard InChI is InChI=1S/C14H17FO3/c1-14(17-3)11(9-13(16-2)18-14)8-10-6-4-5-7-12(10)15/h4-7,9,13H,8H2,1-3H3. The van der Waals surface area contributed by atoms with E-state index in [1.54, 1.807) is 33.3 Å². The Morgan fingerprint density at radius 1 is 1.33 bits per heavy atom. The molecule has 0 bridgehead atoms. The van der Waals surface area contributed by atoms with Crippen molar-refractivity contribution in [3.63, 3.8) is 0 Å². The summed E-state index contributed by atoms with van der Waals surface area (Å²) >= 11 is 0. The maximum atomic E-state index is 13.6. The van der Waals surface area contributed by atoms with Crippen molar-refractivity contribution >= 4 is 0 Å². The Morgan fingerprint density at radius 2 is 2.06 bits per heavy atom. The SMILES string of the molecule is COC1C=C(Cc2ccccc2F)C(C)(OC)O1. The highest BCUT2D eigenvalue weighted by Gasteiger charge is 2.38. The van der Waals surface area contributed by atoms with E-state index in [0.717, 1.165) is 5.57 Å². The lowest BCUT2D eigenvalue weighted by Gasteiger charge is -2.26. The molecule has 1 aromatic rings. The van der Waals surface area contributed by atoms with Gasteiger partial charge in [0.2, 0.25) is 0 Å². The molecule has 0 fully saturated rings. The third kappa shape index (κ3) is 2.46. The summed E-state index contributed by atoms with van der Waals surface area (Å²) in [7, 11) is 3.12. The van der Waals surface area contributed by atoms with Gasteiger partial charge in [-0.3, -0.25) is 0 Å². The maximum Gasteiger partial charge on any atom is 0.191 e. The van der Waals surface area contributed by atoms with Crippen molar-refractivity contribution < 1.29 is 18.6 Å². The van der Waals surface area contributed by atoms with Crippen LogP contribution in [0.25, 0.3) is 0 Å². The summed E-state index contributed by atoms with van der Waals surface area (Å²) in [4.78, 5) is 0. The largest absolute Gasteiger partial charge is 0.352 e. The van der Waals surface area contributed by atoms with E-state index in [1.807, 2.05) is 12.1 Å². The first-order valence-corrected chi connectivity index (χ1v) is 5.79. The van der Waals surface area contributed by atoms with Crippen molar-refractivity contribution in [2.45, 2.75) is 25.4 Å². The molecular formula is C14H17FO3. The van der Waals surface area contributed by atoms with Crippen molar-refractivity contribution in [3.8, 4) is 0 Å². The zero-order valence-corrected chi connectivity index (χ0v) is 10.8. The monoisotopic (exact) mass is 252 g/mol. The van der Waals surface area contributed by atoms with Crippen LogP contribution < -0.4 is 0 Å². The zero-order valence-electron chi connectivity index (χ0n) is 10.8. The van der Waals surface area contributed by atoms with Crippen molar-refractivity contribution in [2.75, 3.05) is 14.2 Å². The molecule has 2 unspecified atom stereocenters. The summed E-state index contributed by atoms with van der Waals surface area (Å²) in [5.74, 6) is -1.08. The van der Waals surface area contributed by atoms with E-state index in [9.17, 15) is 4.39 Å². The normalized spacial score (nSPS) is 27.3. The molecule has 1 aromatic carbocycles. The van der Waals surface area contributed by atoms with E-state index in [2.05, 4.69) is 0 Å². The molecule has 0 saturated carbocycles. The van der Waals surface area contributed by atoms with E-state index in [-0.39, 0.29) is 5.82 Å². The van der Waals surface area contributed by atoms with Gasteiger partial charge < -0.3 is 14.2 Å². The van der Waals surface area contributed by atoms with Gasteiger partial charge in [-0.05, 0) is 30.2 Å². The third-order valence-corrected chi connectivity index (χ3v) is 3.22. The van der Waals surface area contributed by atoms with Crippen LogP contribution in [0, 0.1) is 5.82 Å². The Hall–Kier alpha value is -1.23. The van der Waals surface area contributed by atoms with Crippen LogP contribution in [0.1, 0.15) is 12.5 Å². The van der Waals surface area contributed by atoms with E-state index in [4.69, 9.17) is 14.2 Å². The first-order valence-electron chi connectivity index (χ1n) is 5.79. The van der Waals surface area contributed by atoms with E-state index in [0.29, 0.717) is 12.0 Å². The molecule has 1 aliphatic heterocycles. The highest BCUT2D eigenvalue weighted by molar-refractivity contribution is 5.29. The van der Waals surface area contributed by atoms with Gasteiger partial charge in [-0.25, -0.2) is 4.39 Å². The molecule has 1 aliphatic rings. The number of rotatable bonds is 4. The number of halogens is 1. The van der Waals surface area contributed by atoms with Crippen molar-refractivity contribution in [2.24, 2.45) is 0 Å². The van der Waals surface area contributed by atoms with Crippen molar-refractivity contribution in [3.05, 3.63) is 47.3 Å². The average molecular weight is 252 g/mol. The molecule has 0 spiro atoms. The summed E-state index contributed by atoms with van der Waals surface area (Å²) in [6, 6.07) is 6.69. The molecule has 1 heterocycles. The second-order valence-corrected chi connectivity index (χ2v) is 4.33. The molecule has 4 heteroatoms. The summed E-state index contributed by atoms with van der Waals surface area (Å²) in [6.45, 7) is 1.80. The van der Waals surface area contributed by atoms with Crippen LogP contribution in [0.5, 0.6) is 0 Å². The van der Waals surface area contributed by atoms with Crippen molar-refractivity contribution in [1.82, 2.24) is 0 Å². The zero-order chi connectivity index (χ0) is 13.2. The van der Waals surface area contributed by atoms with Crippen LogP contribution in [-0.4, -0.2) is 26.3 Å². The van der Waals surface area contributed by atoms with Crippen LogP contribution in [0.3, 0.4) is 0 Å². The summed E-state index contributed by atoms with van der Waals surface area (Å²) < 4.78 is 29.7. The van der Waals surface area contributed by atoms with Gasteiger partial charge in [-0.15, -0.1) is 0 Å². The Labute approximate surface area is 106 Å². The molecule has 0 aliphatic carbocycles. The second kappa shape index (κ2) is 5.18. The average Bonchev–Trinajstić information content (AvgIpc) is 2.70. The van der Waals surface area contributed by atoms with E-state index >= 15 is 0 Å². The van der Waals surface area contributed by atoms with Gasteiger partial charge >= 0.3 is 0 Å². The first-order chi connectivity index (χ1) is 8.59. The molecule has 0 aromatic heterocycles. The van der Waals surface area contributed by atoms with Crippen molar-refractivity contribution in [1.29, 1.82) is 0 Å². The number of ether oxygens (including phenoxy) is 3. The molecule has 0 radical (unpaired) electrons. The minimum absolute atomic E-state index is 0.224. The quantitative estimate of drug-likeness (QED) is 0.771. The molecule has 98 valence electrons. The second-order valence-electron chi connectivity index (χ2n) is 4.33. The molecule has 18 heavy (non-hydrogen) atoms. The fourth-order valence-electron chi connectivity index (χ4n) is 2.01. The van der Waals surface area contributed by atoms with Gasteiger partial charge in [0.25, 0.3) is 0 Å². The fraction of sp³-hybridized carbons (Fsp3) is 0.429. The van der Waals surface area contributed by atoms with E-state index < -0.39 is 12.1 Å². The molecule has 2 rings (SSSR count). The minimum atomic E-state index is -0.858. The van der Waals surface area contributed by atoms with Gasteiger partial charge in [0, 0.05) is 20.6 Å². The number of hydrogen-bond donors (Lipinski definition) is 0. The predicted molar refractivity (Wildman–Crippen MR) is 65.5 cm³/mol. The number of methoxy groups -OCH3 is 2. The van der Waals surface area contributed by atoms with Gasteiger partial charge in [-0.2, -0.15) is 0 Å². The van der Waals surface area contributed by atoms with Crippen LogP contribution in [-0.2, 0) is 20.6 Å². The molecule has 0 amide bonds. The van der Waals surface area contributed by atoms with Crippen LogP contribution in [0.4, 0.5) is 4.39 Å². The van der Waals surface area contributed by atoms with E-state index in [1.165, 1.54) is 6.07 Å². The summed E-state index contributed by atoms with van der Waals surface area (Å²) in [6.07, 6.45) is 1.82. The Bertz CT molecular complexity index is 458. The highest BCUT2D eigenvalue weighted by atomic mass is 19.1.